The highest BCUT2D eigenvalue weighted by atomic mass is 127. The SMILES string of the molecule is COC(=O)C(I)CNC(=O)C1CC1c1ccccc1. The van der Waals surface area contributed by atoms with Crippen LogP contribution in [0, 0.1) is 5.92 Å². The predicted molar refractivity (Wildman–Crippen MR) is 80.1 cm³/mol. The van der Waals surface area contributed by atoms with E-state index in [9.17, 15) is 9.59 Å². The second-order valence-corrected chi connectivity index (χ2v) is 6.10. The van der Waals surface area contributed by atoms with E-state index < -0.39 is 0 Å². The second-order valence-electron chi connectivity index (χ2n) is 4.60. The number of hydrogen-bond donors (Lipinski definition) is 1. The van der Waals surface area contributed by atoms with Crippen molar-refractivity contribution in [2.24, 2.45) is 5.92 Å². The fourth-order valence-electron chi connectivity index (χ4n) is 2.09. The van der Waals surface area contributed by atoms with Gasteiger partial charge in [0, 0.05) is 12.5 Å². The van der Waals surface area contributed by atoms with Crippen LogP contribution in [0.2, 0.25) is 0 Å². The van der Waals surface area contributed by atoms with E-state index in [4.69, 9.17) is 0 Å². The van der Waals surface area contributed by atoms with Gasteiger partial charge in [-0.3, -0.25) is 9.59 Å². The number of amides is 1. The second kappa shape index (κ2) is 6.36. The Morgan fingerprint density at radius 1 is 1.42 bits per heavy atom. The molecule has 0 bridgehead atoms. The van der Waals surface area contributed by atoms with Gasteiger partial charge in [-0.05, 0) is 17.9 Å². The van der Waals surface area contributed by atoms with Gasteiger partial charge in [0.15, 0.2) is 0 Å². The highest BCUT2D eigenvalue weighted by molar-refractivity contribution is 14.1. The molecule has 5 heteroatoms. The van der Waals surface area contributed by atoms with Crippen molar-refractivity contribution in [3.8, 4) is 0 Å². The van der Waals surface area contributed by atoms with E-state index in [2.05, 4.69) is 10.1 Å². The van der Waals surface area contributed by atoms with Crippen LogP contribution in [0.25, 0.3) is 0 Å². The molecule has 1 aliphatic carbocycles. The van der Waals surface area contributed by atoms with E-state index >= 15 is 0 Å². The maximum absolute atomic E-state index is 11.9. The average molecular weight is 373 g/mol. The summed E-state index contributed by atoms with van der Waals surface area (Å²) in [5.41, 5.74) is 1.21. The zero-order chi connectivity index (χ0) is 13.8. The summed E-state index contributed by atoms with van der Waals surface area (Å²) >= 11 is 1.97. The van der Waals surface area contributed by atoms with E-state index in [1.165, 1.54) is 12.7 Å². The summed E-state index contributed by atoms with van der Waals surface area (Å²) in [5.74, 6) is 0.0892. The van der Waals surface area contributed by atoms with Crippen LogP contribution in [0.4, 0.5) is 0 Å². The molecule has 4 nitrogen and oxygen atoms in total. The number of hydrogen-bond acceptors (Lipinski definition) is 3. The molecule has 0 heterocycles. The van der Waals surface area contributed by atoms with Crippen LogP contribution in [-0.4, -0.2) is 29.5 Å². The van der Waals surface area contributed by atoms with Gasteiger partial charge in [0.2, 0.25) is 5.91 Å². The molecule has 3 unspecified atom stereocenters. The van der Waals surface area contributed by atoms with Gasteiger partial charge in [-0.25, -0.2) is 0 Å². The third-order valence-corrected chi connectivity index (χ3v) is 4.22. The fourth-order valence-corrected chi connectivity index (χ4v) is 2.56. The Kier molecular flexibility index (Phi) is 4.79. The van der Waals surface area contributed by atoms with Crippen molar-refractivity contribution in [2.45, 2.75) is 16.3 Å². The summed E-state index contributed by atoms with van der Waals surface area (Å²) in [4.78, 5) is 23.2. The van der Waals surface area contributed by atoms with Crippen molar-refractivity contribution in [1.82, 2.24) is 5.32 Å². The first-order chi connectivity index (χ1) is 9.13. The highest BCUT2D eigenvalue weighted by Gasteiger charge is 2.43. The van der Waals surface area contributed by atoms with Crippen LogP contribution in [0.5, 0.6) is 0 Å². The Morgan fingerprint density at radius 3 is 2.74 bits per heavy atom. The standard InChI is InChI=1S/C14H16INO3/c1-19-14(18)12(15)8-16-13(17)11-7-10(11)9-5-3-2-4-6-9/h2-6,10-12H,7-8H2,1H3,(H,16,17). The van der Waals surface area contributed by atoms with Gasteiger partial charge in [0.1, 0.15) is 3.92 Å². The smallest absolute Gasteiger partial charge is 0.320 e. The number of ether oxygens (including phenoxy) is 1. The van der Waals surface area contributed by atoms with Crippen molar-refractivity contribution in [3.63, 3.8) is 0 Å². The molecule has 2 rings (SSSR count). The summed E-state index contributed by atoms with van der Waals surface area (Å²) in [7, 11) is 1.35. The number of esters is 1. The topological polar surface area (TPSA) is 55.4 Å². The first-order valence-electron chi connectivity index (χ1n) is 6.18. The van der Waals surface area contributed by atoms with Crippen LogP contribution < -0.4 is 5.32 Å². The van der Waals surface area contributed by atoms with Crippen LogP contribution in [0.3, 0.4) is 0 Å². The lowest BCUT2D eigenvalue weighted by molar-refractivity contribution is -0.139. The van der Waals surface area contributed by atoms with Gasteiger partial charge in [-0.2, -0.15) is 0 Å². The molecular weight excluding hydrogens is 357 g/mol. The van der Waals surface area contributed by atoms with Gasteiger partial charge in [-0.15, -0.1) is 0 Å². The number of benzene rings is 1. The van der Waals surface area contributed by atoms with Crippen molar-refractivity contribution < 1.29 is 14.3 Å². The monoisotopic (exact) mass is 373 g/mol. The van der Waals surface area contributed by atoms with Gasteiger partial charge < -0.3 is 10.1 Å². The molecule has 102 valence electrons. The Labute approximate surface area is 126 Å². The molecule has 0 aromatic heterocycles. The molecule has 1 fully saturated rings. The Morgan fingerprint density at radius 2 is 2.11 bits per heavy atom. The summed E-state index contributed by atoms with van der Waals surface area (Å²) in [6.45, 7) is 0.323. The minimum atomic E-state index is -0.333. The molecule has 1 N–H and O–H groups in total. The first-order valence-corrected chi connectivity index (χ1v) is 7.42. The minimum absolute atomic E-state index is 0.0272. The summed E-state index contributed by atoms with van der Waals surface area (Å²) in [6, 6.07) is 10.0. The number of halogens is 1. The predicted octanol–water partition coefficient (Wildman–Crippen LogP) is 1.88. The zero-order valence-corrected chi connectivity index (χ0v) is 12.8. The van der Waals surface area contributed by atoms with Crippen LogP contribution in [0.1, 0.15) is 17.9 Å². The number of nitrogens with one attached hydrogen (secondary N) is 1. The molecule has 1 aliphatic rings. The summed E-state index contributed by atoms with van der Waals surface area (Å²) in [6.07, 6.45) is 0.889. The normalized spacial score (nSPS) is 22.4. The lowest BCUT2D eigenvalue weighted by atomic mass is 10.1. The van der Waals surface area contributed by atoms with E-state index in [1.807, 2.05) is 52.9 Å². The van der Waals surface area contributed by atoms with Crippen molar-refractivity contribution in [1.29, 1.82) is 0 Å². The van der Waals surface area contributed by atoms with E-state index in [0.29, 0.717) is 12.5 Å². The number of carbonyl (C=O) groups is 2. The van der Waals surface area contributed by atoms with E-state index in [1.54, 1.807) is 0 Å². The lowest BCUT2D eigenvalue weighted by Gasteiger charge is -2.09. The van der Waals surface area contributed by atoms with Crippen LogP contribution in [-0.2, 0) is 14.3 Å². The van der Waals surface area contributed by atoms with Crippen molar-refractivity contribution >= 4 is 34.5 Å². The Hall–Kier alpha value is -1.11. The van der Waals surface area contributed by atoms with Crippen molar-refractivity contribution in [2.75, 3.05) is 13.7 Å². The first kappa shape index (κ1) is 14.3. The van der Waals surface area contributed by atoms with Crippen molar-refractivity contribution in [3.05, 3.63) is 35.9 Å². The number of carbonyl (C=O) groups excluding carboxylic acids is 2. The molecule has 0 spiro atoms. The van der Waals surface area contributed by atoms with Gasteiger partial charge >= 0.3 is 5.97 Å². The maximum atomic E-state index is 11.9. The van der Waals surface area contributed by atoms with Gasteiger partial charge in [0.05, 0.1) is 7.11 Å². The summed E-state index contributed by atoms with van der Waals surface area (Å²) < 4.78 is 4.28. The third kappa shape index (κ3) is 3.68. The number of alkyl halides is 1. The molecule has 0 radical (unpaired) electrons. The average Bonchev–Trinajstić information content (AvgIpc) is 3.25. The largest absolute Gasteiger partial charge is 0.468 e. The summed E-state index contributed by atoms with van der Waals surface area (Å²) in [5, 5.41) is 2.81. The van der Waals surface area contributed by atoms with E-state index in [0.717, 1.165) is 6.42 Å². The highest BCUT2D eigenvalue weighted by Crippen LogP contribution is 2.47. The van der Waals surface area contributed by atoms with Gasteiger partial charge in [0.25, 0.3) is 0 Å². The minimum Gasteiger partial charge on any atom is -0.468 e. The van der Waals surface area contributed by atoms with Crippen LogP contribution >= 0.6 is 22.6 Å². The molecular formula is C14H16INO3. The third-order valence-electron chi connectivity index (χ3n) is 3.27. The Balaban J connectivity index is 1.79. The van der Waals surface area contributed by atoms with E-state index in [-0.39, 0.29) is 21.7 Å². The fraction of sp³-hybridized carbons (Fsp3) is 0.429. The molecule has 0 aliphatic heterocycles. The lowest BCUT2D eigenvalue weighted by Crippen LogP contribution is -2.34. The maximum Gasteiger partial charge on any atom is 0.320 e. The molecule has 1 saturated carbocycles. The quantitative estimate of drug-likeness (QED) is 0.487. The molecule has 19 heavy (non-hydrogen) atoms. The van der Waals surface area contributed by atoms with Gasteiger partial charge in [-0.1, -0.05) is 52.9 Å². The molecule has 1 aromatic rings. The number of rotatable bonds is 5. The molecule has 1 aromatic carbocycles. The zero-order valence-electron chi connectivity index (χ0n) is 10.6. The molecule has 1 amide bonds. The van der Waals surface area contributed by atoms with Crippen LogP contribution in [0.15, 0.2) is 30.3 Å². The molecule has 3 atom stereocenters. The Bertz CT molecular complexity index is 463. The molecule has 0 saturated heterocycles. The number of methoxy groups -OCH3 is 1.